The first-order valence-electron chi connectivity index (χ1n) is 15.9. The molecule has 4 amide bonds. The zero-order valence-electron chi connectivity index (χ0n) is 28.3. The fraction of sp³-hybridized carbons (Fsp3) is 0.105. The molecule has 0 saturated heterocycles. The second-order valence-electron chi connectivity index (χ2n) is 12.3. The highest BCUT2D eigenvalue weighted by Crippen LogP contribution is 2.47. The SMILES string of the molecule is CNc1cccc(P(=O)(c2cccc(N3C(=O)c4ccc(Oc5ccc6c(c5)C(=O)N(C)C6=O)cc4C3=O)c2)c2cc(C(F)(F)F)cc(C(F)(F)F)c2)c1.F. The summed E-state index contributed by atoms with van der Waals surface area (Å²) in [5.41, 5.74) is -2.97. The van der Waals surface area contributed by atoms with Crippen LogP contribution in [-0.2, 0) is 16.9 Å². The third-order valence-electron chi connectivity index (χ3n) is 9.04. The summed E-state index contributed by atoms with van der Waals surface area (Å²) < 4.78 is 105. The van der Waals surface area contributed by atoms with Crippen molar-refractivity contribution in [2.24, 2.45) is 0 Å². The number of hydrogen-bond acceptors (Lipinski definition) is 7. The Morgan fingerprint density at radius 2 is 1.07 bits per heavy atom. The van der Waals surface area contributed by atoms with Gasteiger partial charge in [-0.25, -0.2) is 4.90 Å². The fourth-order valence-electron chi connectivity index (χ4n) is 6.31. The standard InChI is InChI=1S/C38H24F6N3O6P.FH/c1-45-22-5-3-7-26(16-22)54(52,28-14-20(37(39,40)41)13-21(15-28)38(42,43)44)27-8-4-6-23(17-27)47-35(50)30-12-10-25(19-32(30)36(47)51)53-24-9-11-29-31(18-24)34(49)46(2)33(29)48;/h3-19,45H,1-2H3;1H. The third kappa shape index (κ3) is 6.52. The maximum absolute atomic E-state index is 15.3. The smallest absolute Gasteiger partial charge is 0.416 e. The number of halogens is 7. The summed E-state index contributed by atoms with van der Waals surface area (Å²) in [4.78, 5) is 53.9. The highest BCUT2D eigenvalue weighted by molar-refractivity contribution is 7.85. The van der Waals surface area contributed by atoms with Crippen LogP contribution in [0.3, 0.4) is 0 Å². The lowest BCUT2D eigenvalue weighted by molar-refractivity contribution is -0.143. The molecule has 0 fully saturated rings. The number of imide groups is 2. The van der Waals surface area contributed by atoms with Crippen molar-refractivity contribution < 1.29 is 59.5 Å². The Morgan fingerprint density at radius 1 is 0.582 bits per heavy atom. The number of anilines is 2. The Morgan fingerprint density at radius 3 is 1.64 bits per heavy atom. The molecule has 282 valence electrons. The Labute approximate surface area is 306 Å². The molecular weight excluding hydrogens is 758 g/mol. The van der Waals surface area contributed by atoms with Gasteiger partial charge in [0.15, 0.2) is 7.14 Å². The van der Waals surface area contributed by atoms with Gasteiger partial charge in [-0.2, -0.15) is 26.3 Å². The van der Waals surface area contributed by atoms with Gasteiger partial charge in [-0.15, -0.1) is 0 Å². The second kappa shape index (κ2) is 13.5. The van der Waals surface area contributed by atoms with E-state index in [2.05, 4.69) is 5.32 Å². The van der Waals surface area contributed by atoms with Crippen LogP contribution >= 0.6 is 7.14 Å². The third-order valence-corrected chi connectivity index (χ3v) is 12.0. The molecule has 17 heteroatoms. The summed E-state index contributed by atoms with van der Waals surface area (Å²) in [5.74, 6) is -2.41. The van der Waals surface area contributed by atoms with E-state index in [4.69, 9.17) is 4.74 Å². The lowest BCUT2D eigenvalue weighted by Gasteiger charge is -2.24. The number of benzene rings is 5. The van der Waals surface area contributed by atoms with Crippen LogP contribution in [0.4, 0.5) is 42.4 Å². The number of carbonyl (C=O) groups excluding carboxylic acids is 4. The van der Waals surface area contributed by atoms with Crippen molar-refractivity contribution in [3.63, 3.8) is 0 Å². The highest BCUT2D eigenvalue weighted by Gasteiger charge is 2.42. The van der Waals surface area contributed by atoms with Crippen molar-refractivity contribution in [1.82, 2.24) is 4.90 Å². The van der Waals surface area contributed by atoms with E-state index in [1.54, 1.807) is 6.07 Å². The molecule has 1 unspecified atom stereocenters. The minimum absolute atomic E-state index is 0. The van der Waals surface area contributed by atoms with Crippen LogP contribution in [0.5, 0.6) is 11.5 Å². The first-order valence-corrected chi connectivity index (χ1v) is 17.6. The number of carbonyl (C=O) groups is 4. The van der Waals surface area contributed by atoms with Gasteiger partial charge in [0.1, 0.15) is 11.5 Å². The number of nitrogens with one attached hydrogen (secondary N) is 1. The molecule has 0 spiro atoms. The summed E-state index contributed by atoms with van der Waals surface area (Å²) in [7, 11) is -1.76. The van der Waals surface area contributed by atoms with Gasteiger partial charge < -0.3 is 14.6 Å². The number of rotatable bonds is 7. The Hall–Kier alpha value is -6.28. The van der Waals surface area contributed by atoms with Crippen LogP contribution in [0.1, 0.15) is 52.6 Å². The van der Waals surface area contributed by atoms with Crippen molar-refractivity contribution in [1.29, 1.82) is 0 Å². The molecule has 0 aliphatic carbocycles. The van der Waals surface area contributed by atoms with E-state index in [1.807, 2.05) is 0 Å². The van der Waals surface area contributed by atoms with Gasteiger partial charge in [0.05, 0.1) is 39.1 Å². The molecule has 2 aliphatic rings. The van der Waals surface area contributed by atoms with E-state index in [-0.39, 0.29) is 60.8 Å². The highest BCUT2D eigenvalue weighted by atomic mass is 31.2. The van der Waals surface area contributed by atoms with E-state index < -0.39 is 59.6 Å². The quantitative estimate of drug-likeness (QED) is 0.104. The van der Waals surface area contributed by atoms with Crippen molar-refractivity contribution in [2.75, 3.05) is 24.3 Å². The Balaban J connectivity index is 0.00000514. The van der Waals surface area contributed by atoms with Gasteiger partial charge in [0.2, 0.25) is 0 Å². The monoisotopic (exact) mass is 783 g/mol. The lowest BCUT2D eigenvalue weighted by atomic mass is 10.1. The second-order valence-corrected chi connectivity index (χ2v) is 15.1. The molecule has 7 rings (SSSR count). The van der Waals surface area contributed by atoms with E-state index in [0.717, 1.165) is 15.9 Å². The minimum Gasteiger partial charge on any atom is -0.457 e. The molecule has 0 bridgehead atoms. The first-order chi connectivity index (χ1) is 25.4. The Bertz CT molecular complexity index is 2470. The van der Waals surface area contributed by atoms with Crippen LogP contribution in [0.2, 0.25) is 0 Å². The maximum atomic E-state index is 15.3. The van der Waals surface area contributed by atoms with Crippen LogP contribution in [0.25, 0.3) is 0 Å². The van der Waals surface area contributed by atoms with Crippen molar-refractivity contribution >= 4 is 58.1 Å². The van der Waals surface area contributed by atoms with Gasteiger partial charge in [0.25, 0.3) is 23.6 Å². The predicted octanol–water partition coefficient (Wildman–Crippen LogP) is 7.38. The molecule has 1 atom stereocenters. The maximum Gasteiger partial charge on any atom is 0.416 e. The van der Waals surface area contributed by atoms with Crippen LogP contribution in [0, 0.1) is 0 Å². The number of alkyl halides is 6. The number of fused-ring (bicyclic) bond motifs is 2. The predicted molar refractivity (Wildman–Crippen MR) is 188 cm³/mol. The molecule has 55 heavy (non-hydrogen) atoms. The number of nitrogens with zero attached hydrogens (tertiary/aromatic N) is 2. The summed E-state index contributed by atoms with van der Waals surface area (Å²) >= 11 is 0. The van der Waals surface area contributed by atoms with Crippen molar-refractivity contribution in [3.8, 4) is 11.5 Å². The topological polar surface area (TPSA) is 113 Å². The van der Waals surface area contributed by atoms with E-state index in [1.165, 1.54) is 86.9 Å². The van der Waals surface area contributed by atoms with Crippen molar-refractivity contribution in [3.05, 3.63) is 137 Å². The van der Waals surface area contributed by atoms with Crippen LogP contribution in [0.15, 0.2) is 103 Å². The fourth-order valence-corrected chi connectivity index (χ4v) is 9.07. The molecule has 2 heterocycles. The zero-order chi connectivity index (χ0) is 38.9. The largest absolute Gasteiger partial charge is 0.457 e. The molecule has 5 aromatic carbocycles. The number of amides is 4. The minimum atomic E-state index is -5.23. The van der Waals surface area contributed by atoms with Gasteiger partial charge in [-0.05, 0) is 78.9 Å². The Kier molecular flexibility index (Phi) is 9.46. The van der Waals surface area contributed by atoms with Gasteiger partial charge in [-0.1, -0.05) is 24.3 Å². The van der Waals surface area contributed by atoms with Crippen LogP contribution < -0.4 is 30.9 Å². The average Bonchev–Trinajstić information content (AvgIpc) is 3.52. The summed E-state index contributed by atoms with van der Waals surface area (Å²) in [5, 5.41) is 1.66. The normalized spacial score (nSPS) is 15.1. The molecule has 0 aromatic heterocycles. The van der Waals surface area contributed by atoms with Crippen molar-refractivity contribution in [2.45, 2.75) is 12.4 Å². The number of hydrogen-bond donors (Lipinski definition) is 1. The lowest BCUT2D eigenvalue weighted by Crippen LogP contribution is -2.31. The van der Waals surface area contributed by atoms with Crippen LogP contribution in [-0.4, -0.2) is 42.6 Å². The zero-order valence-corrected chi connectivity index (χ0v) is 29.2. The molecule has 1 N–H and O–H groups in total. The molecule has 9 nitrogen and oxygen atoms in total. The molecule has 0 saturated carbocycles. The summed E-state index contributed by atoms with van der Waals surface area (Å²) in [6.07, 6.45) is -10.5. The number of ether oxygens (including phenoxy) is 1. The molecule has 5 aromatic rings. The average molecular weight is 784 g/mol. The summed E-state index contributed by atoms with van der Waals surface area (Å²) in [6.45, 7) is 0. The molecular formula is C38H25F7N3O6P. The summed E-state index contributed by atoms with van der Waals surface area (Å²) in [6, 6.07) is 19.6. The van der Waals surface area contributed by atoms with Gasteiger partial charge in [-0.3, -0.25) is 28.8 Å². The van der Waals surface area contributed by atoms with E-state index in [9.17, 15) is 45.5 Å². The van der Waals surface area contributed by atoms with E-state index in [0.29, 0.717) is 17.8 Å². The molecule has 2 aliphatic heterocycles. The van der Waals surface area contributed by atoms with Gasteiger partial charge in [0, 0.05) is 35.7 Å². The van der Waals surface area contributed by atoms with E-state index >= 15 is 4.57 Å². The first kappa shape index (κ1) is 38.4. The molecule has 0 radical (unpaired) electrons. The van der Waals surface area contributed by atoms with Gasteiger partial charge >= 0.3 is 12.4 Å².